The zero-order chi connectivity index (χ0) is 22.6. The molecule has 0 aromatic heterocycles. The topological polar surface area (TPSA) is 128 Å². The number of aliphatic hydroxyl groups is 2. The van der Waals surface area contributed by atoms with Gasteiger partial charge in [0.25, 0.3) is 5.91 Å². The Morgan fingerprint density at radius 2 is 1.71 bits per heavy atom. The summed E-state index contributed by atoms with van der Waals surface area (Å²) in [5, 5.41) is 26.1. The Kier molecular flexibility index (Phi) is 7.04. The second kappa shape index (κ2) is 9.55. The zero-order valence-corrected chi connectivity index (χ0v) is 17.6. The number of carbonyl (C=O) groups is 3. The first-order valence-corrected chi connectivity index (χ1v) is 10.3. The van der Waals surface area contributed by atoms with Crippen LogP contribution in [0.4, 0.5) is 0 Å². The molecule has 1 fully saturated rings. The smallest absolute Gasteiger partial charge is 0.252 e. The lowest BCUT2D eigenvalue weighted by atomic mass is 9.92. The number of hydrogen-bond acceptors (Lipinski definition) is 6. The van der Waals surface area contributed by atoms with Crippen LogP contribution in [0, 0.1) is 5.92 Å². The molecule has 2 aromatic carbocycles. The van der Waals surface area contributed by atoms with E-state index in [2.05, 4.69) is 10.6 Å². The summed E-state index contributed by atoms with van der Waals surface area (Å²) in [6, 6.07) is 10.6. The fourth-order valence-corrected chi connectivity index (χ4v) is 3.46. The Morgan fingerprint density at radius 1 is 1.03 bits per heavy atom. The van der Waals surface area contributed by atoms with Gasteiger partial charge < -0.3 is 25.6 Å². The number of nitrogens with one attached hydrogen (secondary N) is 2. The van der Waals surface area contributed by atoms with Crippen LogP contribution in [0.1, 0.15) is 30.6 Å². The summed E-state index contributed by atoms with van der Waals surface area (Å²) in [5.74, 6) is -1.51. The SMILES string of the molecule is CC(C)C[C@H](NC(=O)[C@H](CO)NC(=O)c1ccc2ccccc2c1)C(=O)C1(CO)CO1. The number of ether oxygens (including phenoxy) is 1. The van der Waals surface area contributed by atoms with Crippen LogP contribution in [0.25, 0.3) is 10.8 Å². The van der Waals surface area contributed by atoms with E-state index >= 15 is 0 Å². The van der Waals surface area contributed by atoms with E-state index in [1.165, 1.54) is 0 Å². The van der Waals surface area contributed by atoms with Gasteiger partial charge in [-0.25, -0.2) is 0 Å². The maximum atomic E-state index is 12.8. The molecule has 0 spiro atoms. The van der Waals surface area contributed by atoms with E-state index in [0.29, 0.717) is 12.0 Å². The minimum atomic E-state index is -1.27. The van der Waals surface area contributed by atoms with Crippen molar-refractivity contribution in [3.05, 3.63) is 48.0 Å². The largest absolute Gasteiger partial charge is 0.394 e. The van der Waals surface area contributed by atoms with Gasteiger partial charge in [0.05, 0.1) is 25.9 Å². The summed E-state index contributed by atoms with van der Waals surface area (Å²) in [5.41, 5.74) is -0.916. The van der Waals surface area contributed by atoms with Crippen molar-refractivity contribution in [3.8, 4) is 0 Å². The van der Waals surface area contributed by atoms with Crippen LogP contribution in [0.15, 0.2) is 42.5 Å². The zero-order valence-electron chi connectivity index (χ0n) is 17.6. The number of Topliss-reactive ketones (excluding diaryl/α,β-unsaturated/α-hetero) is 1. The van der Waals surface area contributed by atoms with Crippen molar-refractivity contribution in [2.24, 2.45) is 5.92 Å². The van der Waals surface area contributed by atoms with Gasteiger partial charge in [-0.3, -0.25) is 14.4 Å². The van der Waals surface area contributed by atoms with Gasteiger partial charge in [0, 0.05) is 5.56 Å². The maximum absolute atomic E-state index is 12.8. The van der Waals surface area contributed by atoms with Crippen LogP contribution in [0.5, 0.6) is 0 Å². The molecule has 0 aliphatic carbocycles. The van der Waals surface area contributed by atoms with E-state index in [9.17, 15) is 24.6 Å². The molecule has 1 aliphatic heterocycles. The quantitative estimate of drug-likeness (QED) is 0.414. The predicted octanol–water partition coefficient (Wildman–Crippen LogP) is 0.792. The molecule has 1 heterocycles. The summed E-state index contributed by atoms with van der Waals surface area (Å²) >= 11 is 0. The van der Waals surface area contributed by atoms with Crippen molar-refractivity contribution >= 4 is 28.4 Å². The van der Waals surface area contributed by atoms with Crippen molar-refractivity contribution in [1.29, 1.82) is 0 Å². The molecule has 2 aromatic rings. The Hall–Kier alpha value is -2.81. The number of fused-ring (bicyclic) bond motifs is 1. The summed E-state index contributed by atoms with van der Waals surface area (Å²) in [7, 11) is 0. The van der Waals surface area contributed by atoms with Gasteiger partial charge in [0.1, 0.15) is 6.04 Å². The molecular formula is C23H28N2O6. The van der Waals surface area contributed by atoms with Crippen LogP contribution in [-0.2, 0) is 14.3 Å². The first kappa shape index (κ1) is 22.9. The van der Waals surface area contributed by atoms with Crippen molar-refractivity contribution in [2.75, 3.05) is 19.8 Å². The van der Waals surface area contributed by atoms with E-state index in [0.717, 1.165) is 10.8 Å². The number of carbonyl (C=O) groups excluding carboxylic acids is 3. The van der Waals surface area contributed by atoms with E-state index in [1.54, 1.807) is 18.2 Å². The first-order valence-electron chi connectivity index (χ1n) is 10.3. The Bertz CT molecular complexity index is 969. The molecule has 0 saturated carbocycles. The maximum Gasteiger partial charge on any atom is 0.252 e. The molecule has 166 valence electrons. The van der Waals surface area contributed by atoms with Crippen LogP contribution < -0.4 is 10.6 Å². The first-order chi connectivity index (χ1) is 14.8. The second-order valence-electron chi connectivity index (χ2n) is 8.27. The molecule has 8 heteroatoms. The molecule has 0 radical (unpaired) electrons. The molecule has 31 heavy (non-hydrogen) atoms. The van der Waals surface area contributed by atoms with Crippen molar-refractivity contribution < 1.29 is 29.3 Å². The van der Waals surface area contributed by atoms with Gasteiger partial charge in [0.2, 0.25) is 5.91 Å². The third-order valence-electron chi connectivity index (χ3n) is 5.35. The molecule has 3 atom stereocenters. The minimum Gasteiger partial charge on any atom is -0.394 e. The van der Waals surface area contributed by atoms with Crippen molar-refractivity contribution in [1.82, 2.24) is 10.6 Å². The van der Waals surface area contributed by atoms with Crippen LogP contribution in [0.3, 0.4) is 0 Å². The van der Waals surface area contributed by atoms with E-state index in [-0.39, 0.29) is 12.5 Å². The van der Waals surface area contributed by atoms with Gasteiger partial charge in [-0.2, -0.15) is 0 Å². The fourth-order valence-electron chi connectivity index (χ4n) is 3.46. The molecule has 1 unspecified atom stereocenters. The lowest BCUT2D eigenvalue weighted by Gasteiger charge is -2.24. The highest BCUT2D eigenvalue weighted by molar-refractivity contribution is 6.02. The lowest BCUT2D eigenvalue weighted by Crippen LogP contribution is -2.55. The number of aliphatic hydroxyl groups excluding tert-OH is 2. The second-order valence-corrected chi connectivity index (χ2v) is 8.27. The highest BCUT2D eigenvalue weighted by Crippen LogP contribution is 2.30. The van der Waals surface area contributed by atoms with Crippen LogP contribution in [0.2, 0.25) is 0 Å². The average molecular weight is 428 g/mol. The van der Waals surface area contributed by atoms with Crippen LogP contribution in [-0.4, -0.2) is 65.3 Å². The molecule has 0 bridgehead atoms. The molecule has 3 rings (SSSR count). The summed E-state index contributed by atoms with van der Waals surface area (Å²) in [4.78, 5) is 38.2. The molecular weight excluding hydrogens is 400 g/mol. The van der Waals surface area contributed by atoms with Gasteiger partial charge in [-0.15, -0.1) is 0 Å². The minimum absolute atomic E-state index is 0.0866. The molecule has 1 saturated heterocycles. The standard InChI is InChI=1S/C23H28N2O6/c1-14(2)9-18(20(28)23(12-27)13-31-23)24-22(30)19(11-26)25-21(29)17-8-7-15-5-3-4-6-16(15)10-17/h3-8,10,14,18-19,26-27H,9,11-13H2,1-2H3,(H,24,30)(H,25,29)/t18-,19-,23?/m0/s1. The van der Waals surface area contributed by atoms with Gasteiger partial charge in [-0.1, -0.05) is 44.2 Å². The third kappa shape index (κ3) is 5.28. The number of hydrogen-bond donors (Lipinski definition) is 4. The van der Waals surface area contributed by atoms with E-state index < -0.39 is 48.5 Å². The van der Waals surface area contributed by atoms with Gasteiger partial charge >= 0.3 is 0 Å². The Labute approximate surface area is 180 Å². The summed E-state index contributed by atoms with van der Waals surface area (Å²) in [6.45, 7) is 2.82. The highest BCUT2D eigenvalue weighted by atomic mass is 16.6. The fraction of sp³-hybridized carbons (Fsp3) is 0.435. The lowest BCUT2D eigenvalue weighted by molar-refractivity contribution is -0.133. The summed E-state index contributed by atoms with van der Waals surface area (Å²) < 4.78 is 5.13. The molecule has 4 N–H and O–H groups in total. The number of amides is 2. The van der Waals surface area contributed by atoms with E-state index in [1.807, 2.05) is 38.1 Å². The summed E-state index contributed by atoms with van der Waals surface area (Å²) in [6.07, 6.45) is 0.340. The molecule has 2 amide bonds. The molecule has 8 nitrogen and oxygen atoms in total. The number of epoxide rings is 1. The van der Waals surface area contributed by atoms with Crippen LogP contribution >= 0.6 is 0 Å². The number of benzene rings is 2. The van der Waals surface area contributed by atoms with Crippen molar-refractivity contribution in [3.63, 3.8) is 0 Å². The Morgan fingerprint density at radius 3 is 2.29 bits per heavy atom. The predicted molar refractivity (Wildman–Crippen MR) is 114 cm³/mol. The molecule has 1 aliphatic rings. The van der Waals surface area contributed by atoms with Gasteiger partial charge in [0.15, 0.2) is 11.4 Å². The third-order valence-corrected chi connectivity index (χ3v) is 5.35. The monoisotopic (exact) mass is 428 g/mol. The number of rotatable bonds is 10. The Balaban J connectivity index is 1.70. The average Bonchev–Trinajstić information content (AvgIpc) is 3.56. The van der Waals surface area contributed by atoms with Crippen molar-refractivity contribution in [2.45, 2.75) is 38.0 Å². The normalized spacial score (nSPS) is 19.6. The highest BCUT2D eigenvalue weighted by Gasteiger charge is 2.54. The van der Waals surface area contributed by atoms with E-state index in [4.69, 9.17) is 4.74 Å². The van der Waals surface area contributed by atoms with Gasteiger partial charge in [-0.05, 0) is 35.2 Å². The number of ketones is 1.